The average molecular weight is 383 g/mol. The molecule has 2 aromatic carbocycles. The summed E-state index contributed by atoms with van der Waals surface area (Å²) < 4.78 is 5.43. The predicted octanol–water partition coefficient (Wildman–Crippen LogP) is 4.68. The second kappa shape index (κ2) is 7.96. The molecule has 3 rings (SSSR count). The molecule has 1 amide bonds. The number of carbonyl (C=O) groups is 1. The molecule has 0 aliphatic heterocycles. The van der Waals surface area contributed by atoms with Gasteiger partial charge in [0.25, 0.3) is 11.6 Å². The van der Waals surface area contributed by atoms with Crippen molar-refractivity contribution in [2.75, 3.05) is 11.9 Å². The molecule has 0 radical (unpaired) electrons. The molecule has 27 heavy (non-hydrogen) atoms. The maximum absolute atomic E-state index is 12.5. The highest BCUT2D eigenvalue weighted by Gasteiger charge is 2.17. The number of carbonyl (C=O) groups excluding carboxylic acids is 1. The van der Waals surface area contributed by atoms with Gasteiger partial charge in [-0.15, -0.1) is 11.3 Å². The van der Waals surface area contributed by atoms with Crippen LogP contribution < -0.4 is 10.1 Å². The number of non-ortho nitro benzene ring substituents is 1. The number of rotatable bonds is 6. The number of nitrogens with one attached hydrogen (secondary N) is 1. The zero-order valence-electron chi connectivity index (χ0n) is 14.8. The predicted molar refractivity (Wildman–Crippen MR) is 105 cm³/mol. The van der Waals surface area contributed by atoms with Gasteiger partial charge in [0.15, 0.2) is 0 Å². The molecular formula is C19H17N3O4S. The molecule has 8 heteroatoms. The second-order valence-corrected chi connectivity index (χ2v) is 6.65. The van der Waals surface area contributed by atoms with Gasteiger partial charge in [-0.1, -0.05) is 0 Å². The van der Waals surface area contributed by atoms with Crippen molar-refractivity contribution < 1.29 is 14.5 Å². The monoisotopic (exact) mass is 383 g/mol. The zero-order valence-corrected chi connectivity index (χ0v) is 15.6. The van der Waals surface area contributed by atoms with E-state index in [0.717, 1.165) is 16.3 Å². The Bertz CT molecular complexity index is 966. The summed E-state index contributed by atoms with van der Waals surface area (Å²) in [6, 6.07) is 13.2. The Labute approximate surface area is 159 Å². The van der Waals surface area contributed by atoms with Gasteiger partial charge in [0.1, 0.15) is 15.6 Å². The molecule has 1 N–H and O–H groups in total. The molecule has 0 spiro atoms. The van der Waals surface area contributed by atoms with E-state index in [2.05, 4.69) is 10.3 Å². The summed E-state index contributed by atoms with van der Waals surface area (Å²) in [5, 5.41) is 14.2. The Hall–Kier alpha value is -3.26. The molecule has 0 aliphatic carbocycles. The van der Waals surface area contributed by atoms with E-state index in [9.17, 15) is 14.9 Å². The highest BCUT2D eigenvalue weighted by atomic mass is 32.1. The minimum Gasteiger partial charge on any atom is -0.494 e. The number of amides is 1. The molecule has 0 fully saturated rings. The van der Waals surface area contributed by atoms with E-state index >= 15 is 0 Å². The Kier molecular flexibility index (Phi) is 5.46. The molecule has 1 aromatic heterocycles. The van der Waals surface area contributed by atoms with Gasteiger partial charge in [-0.25, -0.2) is 4.98 Å². The topological polar surface area (TPSA) is 94.4 Å². The van der Waals surface area contributed by atoms with Crippen LogP contribution in [-0.4, -0.2) is 22.4 Å². The van der Waals surface area contributed by atoms with Crippen LogP contribution in [0.2, 0.25) is 0 Å². The van der Waals surface area contributed by atoms with Gasteiger partial charge in [-0.3, -0.25) is 14.9 Å². The molecule has 0 aliphatic rings. The Morgan fingerprint density at radius 3 is 2.44 bits per heavy atom. The van der Waals surface area contributed by atoms with E-state index in [1.807, 2.05) is 31.2 Å². The first-order chi connectivity index (χ1) is 13.0. The third-order valence-corrected chi connectivity index (χ3v) is 4.96. The summed E-state index contributed by atoms with van der Waals surface area (Å²) in [5.74, 6) is 0.488. The number of nitro benzene ring substituents is 1. The minimum atomic E-state index is -0.484. The Morgan fingerprint density at radius 1 is 1.19 bits per heavy atom. The van der Waals surface area contributed by atoms with Crippen LogP contribution in [0.5, 0.6) is 5.75 Å². The number of benzene rings is 2. The number of nitro groups is 1. The van der Waals surface area contributed by atoms with E-state index in [1.54, 1.807) is 6.92 Å². The van der Waals surface area contributed by atoms with Crippen LogP contribution in [0.1, 0.15) is 22.3 Å². The van der Waals surface area contributed by atoms with Gasteiger partial charge in [0.2, 0.25) is 0 Å². The van der Waals surface area contributed by atoms with Crippen LogP contribution in [0.4, 0.5) is 11.4 Å². The summed E-state index contributed by atoms with van der Waals surface area (Å²) in [7, 11) is 0. The molecule has 0 saturated heterocycles. The smallest absolute Gasteiger partial charge is 0.269 e. The first kappa shape index (κ1) is 18.5. The number of hydrogen-bond acceptors (Lipinski definition) is 6. The fraction of sp³-hybridized carbons (Fsp3) is 0.158. The average Bonchev–Trinajstić information content (AvgIpc) is 3.05. The Balaban J connectivity index is 1.77. The molecule has 3 aromatic rings. The van der Waals surface area contributed by atoms with Crippen LogP contribution in [-0.2, 0) is 0 Å². The van der Waals surface area contributed by atoms with Gasteiger partial charge in [0.05, 0.1) is 17.2 Å². The highest BCUT2D eigenvalue weighted by Crippen LogP contribution is 2.30. The Morgan fingerprint density at radius 2 is 1.85 bits per heavy atom. The molecule has 0 atom stereocenters. The fourth-order valence-electron chi connectivity index (χ4n) is 2.45. The number of aromatic nitrogens is 1. The standard InChI is InChI=1S/C19H17N3O4S/c1-3-26-16-10-4-13(5-11-16)19-20-12(2)17(27-19)18(23)21-14-6-8-15(9-7-14)22(24)25/h4-11H,3H2,1-2H3,(H,21,23). The van der Waals surface area contributed by atoms with Crippen molar-refractivity contribution in [1.82, 2.24) is 4.98 Å². The third-order valence-electron chi connectivity index (χ3n) is 3.75. The maximum atomic E-state index is 12.5. The number of nitrogens with zero attached hydrogens (tertiary/aromatic N) is 2. The van der Waals surface area contributed by atoms with E-state index < -0.39 is 4.92 Å². The number of anilines is 1. The van der Waals surface area contributed by atoms with Crippen LogP contribution in [0.3, 0.4) is 0 Å². The molecular weight excluding hydrogens is 366 g/mol. The van der Waals surface area contributed by atoms with Crippen molar-refractivity contribution in [2.24, 2.45) is 0 Å². The summed E-state index contributed by atoms with van der Waals surface area (Å²) in [4.78, 5) is 27.7. The van der Waals surface area contributed by atoms with Crippen LogP contribution >= 0.6 is 11.3 Å². The lowest BCUT2D eigenvalue weighted by atomic mass is 10.2. The van der Waals surface area contributed by atoms with Gasteiger partial charge in [0, 0.05) is 23.4 Å². The van der Waals surface area contributed by atoms with Crippen LogP contribution in [0.25, 0.3) is 10.6 Å². The summed E-state index contributed by atoms with van der Waals surface area (Å²) in [6.07, 6.45) is 0. The SMILES string of the molecule is CCOc1ccc(-c2nc(C)c(C(=O)Nc3ccc([N+](=O)[O-])cc3)s2)cc1. The lowest BCUT2D eigenvalue weighted by Crippen LogP contribution is -2.11. The van der Waals surface area contributed by atoms with Crippen LogP contribution in [0.15, 0.2) is 48.5 Å². The van der Waals surface area contributed by atoms with Crippen LogP contribution in [0, 0.1) is 17.0 Å². The molecule has 138 valence electrons. The lowest BCUT2D eigenvalue weighted by molar-refractivity contribution is -0.384. The van der Waals surface area contributed by atoms with E-state index in [0.29, 0.717) is 22.9 Å². The number of hydrogen-bond donors (Lipinski definition) is 1. The molecule has 7 nitrogen and oxygen atoms in total. The molecule has 0 saturated carbocycles. The summed E-state index contributed by atoms with van der Waals surface area (Å²) in [5.41, 5.74) is 1.99. The van der Waals surface area contributed by atoms with Crippen molar-refractivity contribution in [2.45, 2.75) is 13.8 Å². The van der Waals surface area contributed by atoms with E-state index in [-0.39, 0.29) is 11.6 Å². The van der Waals surface area contributed by atoms with Crippen molar-refractivity contribution >= 4 is 28.6 Å². The third kappa shape index (κ3) is 4.29. The lowest BCUT2D eigenvalue weighted by Gasteiger charge is -2.03. The summed E-state index contributed by atoms with van der Waals surface area (Å²) in [6.45, 7) is 4.30. The molecule has 0 unspecified atom stereocenters. The molecule has 1 heterocycles. The second-order valence-electron chi connectivity index (χ2n) is 5.65. The van der Waals surface area contributed by atoms with Crippen molar-refractivity contribution in [1.29, 1.82) is 0 Å². The van der Waals surface area contributed by atoms with Gasteiger partial charge < -0.3 is 10.1 Å². The largest absolute Gasteiger partial charge is 0.494 e. The van der Waals surface area contributed by atoms with Crippen molar-refractivity contribution in [3.05, 3.63) is 69.2 Å². The van der Waals surface area contributed by atoms with Gasteiger partial charge in [-0.2, -0.15) is 0 Å². The van der Waals surface area contributed by atoms with Gasteiger partial charge >= 0.3 is 0 Å². The summed E-state index contributed by atoms with van der Waals surface area (Å²) >= 11 is 1.30. The number of aryl methyl sites for hydroxylation is 1. The highest BCUT2D eigenvalue weighted by molar-refractivity contribution is 7.17. The van der Waals surface area contributed by atoms with Gasteiger partial charge in [-0.05, 0) is 50.2 Å². The van der Waals surface area contributed by atoms with E-state index in [4.69, 9.17) is 4.74 Å². The zero-order chi connectivity index (χ0) is 19.4. The van der Waals surface area contributed by atoms with E-state index in [1.165, 1.54) is 35.6 Å². The van der Waals surface area contributed by atoms with Crippen molar-refractivity contribution in [3.8, 4) is 16.3 Å². The minimum absolute atomic E-state index is 0.0280. The number of thiazole rings is 1. The normalized spacial score (nSPS) is 10.4. The van der Waals surface area contributed by atoms with Crippen molar-refractivity contribution in [3.63, 3.8) is 0 Å². The quantitative estimate of drug-likeness (QED) is 0.493. The maximum Gasteiger partial charge on any atom is 0.269 e. The first-order valence-corrected chi connectivity index (χ1v) is 9.06. The fourth-order valence-corrected chi connectivity index (χ4v) is 3.41. The molecule has 0 bridgehead atoms. The first-order valence-electron chi connectivity index (χ1n) is 8.24. The number of ether oxygens (including phenoxy) is 1.